The highest BCUT2D eigenvalue weighted by Gasteiger charge is 2.47. The van der Waals surface area contributed by atoms with Crippen LogP contribution < -0.4 is 5.32 Å². The monoisotopic (exact) mass is 267 g/mol. The quantitative estimate of drug-likeness (QED) is 0.851. The number of hydrogen-bond donors (Lipinski definition) is 2. The first-order valence-electron chi connectivity index (χ1n) is 6.18. The molecule has 1 aliphatic rings. The third kappa shape index (κ3) is 2.49. The first-order valence-corrected chi connectivity index (χ1v) is 6.18. The minimum absolute atomic E-state index is 0.0889. The van der Waals surface area contributed by atoms with Crippen molar-refractivity contribution < 1.29 is 23.8 Å². The molecule has 6 nitrogen and oxygen atoms in total. The molecular formula is C13H17NO5. The zero-order valence-electron chi connectivity index (χ0n) is 10.9. The number of hydrogen-bond acceptors (Lipinski definition) is 4. The van der Waals surface area contributed by atoms with Gasteiger partial charge in [0, 0.05) is 6.42 Å². The second-order valence-electron chi connectivity index (χ2n) is 4.88. The van der Waals surface area contributed by atoms with Crippen molar-refractivity contribution in [3.05, 3.63) is 23.7 Å². The van der Waals surface area contributed by atoms with Crippen molar-refractivity contribution in [3.63, 3.8) is 0 Å². The number of carbonyl (C=O) groups is 2. The van der Waals surface area contributed by atoms with Gasteiger partial charge in [-0.15, -0.1) is 0 Å². The van der Waals surface area contributed by atoms with E-state index in [0.29, 0.717) is 12.2 Å². The van der Waals surface area contributed by atoms with E-state index in [4.69, 9.17) is 9.15 Å². The maximum atomic E-state index is 12.0. The highest BCUT2D eigenvalue weighted by atomic mass is 16.5. The summed E-state index contributed by atoms with van der Waals surface area (Å²) in [6.07, 6.45) is 0.701. The lowest BCUT2D eigenvalue weighted by Crippen LogP contribution is -2.49. The first-order chi connectivity index (χ1) is 8.97. The zero-order valence-corrected chi connectivity index (χ0v) is 10.9. The summed E-state index contributed by atoms with van der Waals surface area (Å²) in [6, 6.07) is 2.76. The topological polar surface area (TPSA) is 88.8 Å². The van der Waals surface area contributed by atoms with Crippen LogP contribution in [0.2, 0.25) is 0 Å². The molecule has 2 atom stereocenters. The maximum Gasteiger partial charge on any atom is 0.313 e. The van der Waals surface area contributed by atoms with Gasteiger partial charge < -0.3 is 19.6 Å². The Bertz CT molecular complexity index is 495. The lowest BCUT2D eigenvalue weighted by Gasteiger charge is -2.24. The van der Waals surface area contributed by atoms with E-state index in [2.05, 4.69) is 5.32 Å². The number of rotatable bonds is 4. The Morgan fingerprint density at radius 1 is 1.53 bits per heavy atom. The highest BCUT2D eigenvalue weighted by molar-refractivity contribution is 5.92. The van der Waals surface area contributed by atoms with Crippen molar-refractivity contribution in [1.82, 2.24) is 5.32 Å². The Balaban J connectivity index is 2.08. The largest absolute Gasteiger partial charge is 0.481 e. The number of carbonyl (C=O) groups excluding carboxylic acids is 1. The average Bonchev–Trinajstić information content (AvgIpc) is 2.97. The molecule has 2 rings (SSSR count). The molecule has 1 saturated heterocycles. The SMILES string of the molecule is CCc1ccc(C(=O)NC2COCC2(C)C(=O)O)o1. The van der Waals surface area contributed by atoms with E-state index in [1.54, 1.807) is 19.1 Å². The van der Waals surface area contributed by atoms with E-state index in [1.165, 1.54) is 0 Å². The smallest absolute Gasteiger partial charge is 0.313 e. The van der Waals surface area contributed by atoms with Crippen molar-refractivity contribution in [2.24, 2.45) is 5.41 Å². The summed E-state index contributed by atoms with van der Waals surface area (Å²) in [5.74, 6) is -0.489. The van der Waals surface area contributed by atoms with Crippen LogP contribution in [0.4, 0.5) is 0 Å². The summed E-state index contributed by atoms with van der Waals surface area (Å²) in [5, 5.41) is 11.9. The van der Waals surface area contributed by atoms with E-state index in [9.17, 15) is 14.7 Å². The molecule has 1 aliphatic heterocycles. The van der Waals surface area contributed by atoms with Crippen LogP contribution in [0.25, 0.3) is 0 Å². The minimum atomic E-state index is -1.10. The van der Waals surface area contributed by atoms with Crippen LogP contribution in [-0.4, -0.2) is 36.2 Å². The van der Waals surface area contributed by atoms with Gasteiger partial charge >= 0.3 is 5.97 Å². The molecule has 1 amide bonds. The maximum absolute atomic E-state index is 12.0. The van der Waals surface area contributed by atoms with E-state index in [1.807, 2.05) is 6.92 Å². The molecule has 0 aliphatic carbocycles. The van der Waals surface area contributed by atoms with Gasteiger partial charge in [-0.05, 0) is 19.1 Å². The minimum Gasteiger partial charge on any atom is -0.481 e. The number of aryl methyl sites for hydroxylation is 1. The molecule has 2 unspecified atom stereocenters. The van der Waals surface area contributed by atoms with Crippen LogP contribution in [0, 0.1) is 5.41 Å². The highest BCUT2D eigenvalue weighted by Crippen LogP contribution is 2.29. The number of amides is 1. The Morgan fingerprint density at radius 3 is 2.84 bits per heavy atom. The first kappa shape index (κ1) is 13.6. The van der Waals surface area contributed by atoms with Crippen LogP contribution in [-0.2, 0) is 16.0 Å². The van der Waals surface area contributed by atoms with Crippen LogP contribution in [0.15, 0.2) is 16.5 Å². The molecule has 1 fully saturated rings. The van der Waals surface area contributed by atoms with E-state index in [0.717, 1.165) is 0 Å². The van der Waals surface area contributed by atoms with Gasteiger partial charge in [0.15, 0.2) is 5.76 Å². The Labute approximate surface area is 110 Å². The lowest BCUT2D eigenvalue weighted by atomic mass is 9.85. The fraction of sp³-hybridized carbons (Fsp3) is 0.538. The summed E-state index contributed by atoms with van der Waals surface area (Å²) < 4.78 is 10.5. The van der Waals surface area contributed by atoms with Crippen molar-refractivity contribution in [2.75, 3.05) is 13.2 Å². The van der Waals surface area contributed by atoms with Crippen LogP contribution in [0.5, 0.6) is 0 Å². The summed E-state index contributed by atoms with van der Waals surface area (Å²) in [7, 11) is 0. The van der Waals surface area contributed by atoms with Crippen molar-refractivity contribution >= 4 is 11.9 Å². The molecule has 6 heteroatoms. The van der Waals surface area contributed by atoms with Crippen molar-refractivity contribution in [3.8, 4) is 0 Å². The van der Waals surface area contributed by atoms with Gasteiger partial charge in [0.05, 0.1) is 19.3 Å². The summed E-state index contributed by atoms with van der Waals surface area (Å²) in [6.45, 7) is 3.77. The Morgan fingerprint density at radius 2 is 2.26 bits per heavy atom. The van der Waals surface area contributed by atoms with Gasteiger partial charge in [-0.1, -0.05) is 6.92 Å². The van der Waals surface area contributed by atoms with Gasteiger partial charge in [-0.2, -0.15) is 0 Å². The molecule has 0 aromatic carbocycles. The average molecular weight is 267 g/mol. The fourth-order valence-corrected chi connectivity index (χ4v) is 2.00. The van der Waals surface area contributed by atoms with Gasteiger partial charge in [-0.3, -0.25) is 9.59 Å². The molecule has 0 saturated carbocycles. The number of aliphatic carboxylic acids is 1. The van der Waals surface area contributed by atoms with E-state index >= 15 is 0 Å². The summed E-state index contributed by atoms with van der Waals surface area (Å²) in [4.78, 5) is 23.2. The molecule has 0 bridgehead atoms. The van der Waals surface area contributed by atoms with Crippen LogP contribution in [0.1, 0.15) is 30.2 Å². The normalized spacial score (nSPS) is 26.3. The number of furan rings is 1. The van der Waals surface area contributed by atoms with Gasteiger partial charge in [-0.25, -0.2) is 0 Å². The summed E-state index contributed by atoms with van der Waals surface area (Å²) >= 11 is 0. The number of ether oxygens (including phenoxy) is 1. The molecule has 2 heterocycles. The van der Waals surface area contributed by atoms with Gasteiger partial charge in [0.2, 0.25) is 0 Å². The second kappa shape index (κ2) is 5.05. The molecule has 0 radical (unpaired) electrons. The third-order valence-electron chi connectivity index (χ3n) is 3.48. The van der Waals surface area contributed by atoms with Gasteiger partial charge in [0.1, 0.15) is 11.2 Å². The van der Waals surface area contributed by atoms with E-state index in [-0.39, 0.29) is 19.0 Å². The molecule has 2 N–H and O–H groups in total. The standard InChI is InChI=1S/C13H17NO5/c1-3-8-4-5-9(19-8)11(15)14-10-6-18-7-13(10,2)12(16)17/h4-5,10H,3,6-7H2,1-2H3,(H,14,15)(H,16,17). The molecule has 1 aromatic rings. The van der Waals surface area contributed by atoms with Gasteiger partial charge in [0.25, 0.3) is 5.91 Å². The number of nitrogens with one attached hydrogen (secondary N) is 1. The molecule has 1 aromatic heterocycles. The van der Waals surface area contributed by atoms with E-state index < -0.39 is 23.3 Å². The van der Waals surface area contributed by atoms with Crippen LogP contribution in [0.3, 0.4) is 0 Å². The molecule has 104 valence electrons. The molecular weight excluding hydrogens is 250 g/mol. The van der Waals surface area contributed by atoms with Crippen molar-refractivity contribution in [2.45, 2.75) is 26.3 Å². The number of carboxylic acid groups (broad SMARTS) is 1. The third-order valence-corrected chi connectivity index (χ3v) is 3.48. The predicted molar refractivity (Wildman–Crippen MR) is 65.9 cm³/mol. The zero-order chi connectivity index (χ0) is 14.0. The fourth-order valence-electron chi connectivity index (χ4n) is 2.00. The number of carboxylic acids is 1. The predicted octanol–water partition coefficient (Wildman–Crippen LogP) is 1.06. The second-order valence-corrected chi connectivity index (χ2v) is 4.88. The summed E-state index contributed by atoms with van der Waals surface area (Å²) in [5.41, 5.74) is -1.10. The van der Waals surface area contributed by atoms with Crippen molar-refractivity contribution in [1.29, 1.82) is 0 Å². The Hall–Kier alpha value is -1.82. The molecule has 0 spiro atoms. The van der Waals surface area contributed by atoms with Crippen LogP contribution >= 0.6 is 0 Å². The molecule has 19 heavy (non-hydrogen) atoms. The Kier molecular flexibility index (Phi) is 3.61. The lowest BCUT2D eigenvalue weighted by molar-refractivity contribution is -0.148.